The smallest absolute Gasteiger partial charge is 0.250 e. The van der Waals surface area contributed by atoms with Crippen LogP contribution >= 0.6 is 0 Å². The van der Waals surface area contributed by atoms with Gasteiger partial charge in [0.25, 0.3) is 5.56 Å². The van der Waals surface area contributed by atoms with Gasteiger partial charge in [0.15, 0.2) is 0 Å². The van der Waals surface area contributed by atoms with Crippen LogP contribution < -0.4 is 11.3 Å². The zero-order valence-corrected chi connectivity index (χ0v) is 9.84. The fourth-order valence-electron chi connectivity index (χ4n) is 1.92. The minimum atomic E-state index is -0.156. The normalized spacial score (nSPS) is 12.4. The van der Waals surface area contributed by atoms with Gasteiger partial charge in [-0.2, -0.15) is 0 Å². The Labute approximate surface area is 101 Å². The lowest BCUT2D eigenvalue weighted by Gasteiger charge is -2.15. The number of aromatic nitrogens is 1. The quantitative estimate of drug-likeness (QED) is 0.871. The van der Waals surface area contributed by atoms with Gasteiger partial charge in [-0.05, 0) is 24.1 Å². The topological polar surface area (TPSA) is 48.0 Å². The monoisotopic (exact) mass is 228 g/mol. The Morgan fingerprint density at radius 2 is 1.88 bits per heavy atom. The minimum absolute atomic E-state index is 0.0171. The van der Waals surface area contributed by atoms with Gasteiger partial charge in [-0.15, -0.1) is 0 Å². The third-order valence-electron chi connectivity index (χ3n) is 2.88. The molecule has 0 aliphatic rings. The molecule has 0 aliphatic carbocycles. The van der Waals surface area contributed by atoms with Gasteiger partial charge in [-0.1, -0.05) is 30.3 Å². The summed E-state index contributed by atoms with van der Waals surface area (Å²) in [5, 5.41) is 0. The molecule has 0 amide bonds. The van der Waals surface area contributed by atoms with Crippen LogP contribution in [0.1, 0.15) is 17.2 Å². The standard InChI is InChI=1S/C14H16N2O/c1-11-6-2-3-7-12(11)13(15)10-16-9-5-4-8-14(16)17/h2-9,13H,10,15H2,1H3. The predicted molar refractivity (Wildman–Crippen MR) is 68.8 cm³/mol. The van der Waals surface area contributed by atoms with Crippen molar-refractivity contribution in [3.8, 4) is 0 Å². The number of hydrogen-bond acceptors (Lipinski definition) is 2. The highest BCUT2D eigenvalue weighted by atomic mass is 16.1. The Balaban J connectivity index is 2.23. The fourth-order valence-corrected chi connectivity index (χ4v) is 1.92. The summed E-state index contributed by atoms with van der Waals surface area (Å²) in [7, 11) is 0. The second-order valence-electron chi connectivity index (χ2n) is 4.15. The van der Waals surface area contributed by atoms with E-state index >= 15 is 0 Å². The van der Waals surface area contributed by atoms with Gasteiger partial charge >= 0.3 is 0 Å². The molecule has 1 heterocycles. The third kappa shape index (κ3) is 2.63. The Morgan fingerprint density at radius 3 is 2.59 bits per heavy atom. The average Bonchev–Trinajstić information content (AvgIpc) is 2.32. The van der Waals surface area contributed by atoms with Gasteiger partial charge in [-0.25, -0.2) is 0 Å². The molecule has 0 saturated carbocycles. The minimum Gasteiger partial charge on any atom is -0.322 e. The summed E-state index contributed by atoms with van der Waals surface area (Å²) in [6.45, 7) is 2.54. The molecule has 1 aromatic carbocycles. The van der Waals surface area contributed by atoms with E-state index in [2.05, 4.69) is 0 Å². The van der Waals surface area contributed by atoms with E-state index in [-0.39, 0.29) is 11.6 Å². The van der Waals surface area contributed by atoms with Crippen molar-refractivity contribution in [3.05, 3.63) is 70.1 Å². The summed E-state index contributed by atoms with van der Waals surface area (Å²) in [6, 6.07) is 13.0. The largest absolute Gasteiger partial charge is 0.322 e. The van der Waals surface area contributed by atoms with Crippen molar-refractivity contribution in [2.24, 2.45) is 5.73 Å². The summed E-state index contributed by atoms with van der Waals surface area (Å²) >= 11 is 0. The van der Waals surface area contributed by atoms with Crippen molar-refractivity contribution in [2.45, 2.75) is 19.5 Å². The first kappa shape index (κ1) is 11.6. The van der Waals surface area contributed by atoms with Crippen molar-refractivity contribution in [3.63, 3.8) is 0 Å². The Morgan fingerprint density at radius 1 is 1.18 bits per heavy atom. The molecule has 0 aliphatic heterocycles. The van der Waals surface area contributed by atoms with E-state index in [1.807, 2.05) is 37.3 Å². The number of benzene rings is 1. The van der Waals surface area contributed by atoms with Gasteiger partial charge in [0.1, 0.15) is 0 Å². The fraction of sp³-hybridized carbons (Fsp3) is 0.214. The first-order valence-corrected chi connectivity index (χ1v) is 5.65. The maximum atomic E-state index is 11.6. The SMILES string of the molecule is Cc1ccccc1C(N)Cn1ccccc1=O. The molecule has 1 aromatic heterocycles. The summed E-state index contributed by atoms with van der Waals surface area (Å²) in [6.07, 6.45) is 1.76. The highest BCUT2D eigenvalue weighted by molar-refractivity contribution is 5.28. The number of hydrogen-bond donors (Lipinski definition) is 1. The zero-order valence-electron chi connectivity index (χ0n) is 9.84. The van der Waals surface area contributed by atoms with Crippen LogP contribution in [0, 0.1) is 6.92 Å². The molecule has 1 unspecified atom stereocenters. The van der Waals surface area contributed by atoms with Gasteiger partial charge in [-0.3, -0.25) is 4.79 Å². The Kier molecular flexibility index (Phi) is 3.40. The lowest BCUT2D eigenvalue weighted by atomic mass is 10.0. The first-order valence-electron chi connectivity index (χ1n) is 5.65. The van der Waals surface area contributed by atoms with Crippen molar-refractivity contribution in [1.82, 2.24) is 4.57 Å². The molecule has 2 N–H and O–H groups in total. The maximum absolute atomic E-state index is 11.6. The maximum Gasteiger partial charge on any atom is 0.250 e. The number of rotatable bonds is 3. The molecule has 0 fully saturated rings. The molecule has 0 spiro atoms. The summed E-state index contributed by atoms with van der Waals surface area (Å²) in [5.41, 5.74) is 8.36. The lowest BCUT2D eigenvalue weighted by Crippen LogP contribution is -2.26. The van der Waals surface area contributed by atoms with Gasteiger partial charge in [0.2, 0.25) is 0 Å². The van der Waals surface area contributed by atoms with E-state index in [0.717, 1.165) is 11.1 Å². The Bertz CT molecular complexity index is 560. The van der Waals surface area contributed by atoms with Crippen LogP contribution in [-0.4, -0.2) is 4.57 Å². The van der Waals surface area contributed by atoms with Crippen molar-refractivity contribution >= 4 is 0 Å². The number of pyridine rings is 1. The lowest BCUT2D eigenvalue weighted by molar-refractivity contribution is 0.560. The van der Waals surface area contributed by atoms with Gasteiger partial charge in [0.05, 0.1) is 0 Å². The number of nitrogens with zero attached hydrogens (tertiary/aromatic N) is 1. The molecule has 3 nitrogen and oxygen atoms in total. The molecule has 3 heteroatoms. The van der Waals surface area contributed by atoms with E-state index in [1.54, 1.807) is 22.9 Å². The van der Waals surface area contributed by atoms with E-state index in [1.165, 1.54) is 0 Å². The molecular formula is C14H16N2O. The molecule has 2 rings (SSSR count). The molecule has 0 radical (unpaired) electrons. The van der Waals surface area contributed by atoms with Crippen molar-refractivity contribution in [2.75, 3.05) is 0 Å². The third-order valence-corrected chi connectivity index (χ3v) is 2.88. The van der Waals surface area contributed by atoms with E-state index in [4.69, 9.17) is 5.73 Å². The second-order valence-corrected chi connectivity index (χ2v) is 4.15. The van der Waals surface area contributed by atoms with Gasteiger partial charge < -0.3 is 10.3 Å². The van der Waals surface area contributed by atoms with Crippen LogP contribution in [0.15, 0.2) is 53.5 Å². The number of nitrogens with two attached hydrogens (primary N) is 1. The van der Waals surface area contributed by atoms with E-state index in [9.17, 15) is 4.79 Å². The average molecular weight is 228 g/mol. The molecule has 0 saturated heterocycles. The zero-order chi connectivity index (χ0) is 12.3. The van der Waals surface area contributed by atoms with Crippen molar-refractivity contribution in [1.29, 1.82) is 0 Å². The van der Waals surface area contributed by atoms with E-state index < -0.39 is 0 Å². The van der Waals surface area contributed by atoms with Crippen LogP contribution in [0.3, 0.4) is 0 Å². The first-order chi connectivity index (χ1) is 8.18. The molecular weight excluding hydrogens is 212 g/mol. The molecule has 17 heavy (non-hydrogen) atoms. The Hall–Kier alpha value is -1.87. The highest BCUT2D eigenvalue weighted by Gasteiger charge is 2.09. The highest BCUT2D eigenvalue weighted by Crippen LogP contribution is 2.16. The van der Waals surface area contributed by atoms with E-state index in [0.29, 0.717) is 6.54 Å². The van der Waals surface area contributed by atoms with Crippen LogP contribution in [0.5, 0.6) is 0 Å². The molecule has 2 aromatic rings. The predicted octanol–water partition coefficient (Wildman–Crippen LogP) is 1.86. The molecule has 88 valence electrons. The van der Waals surface area contributed by atoms with Gasteiger partial charge in [0, 0.05) is 24.8 Å². The van der Waals surface area contributed by atoms with Crippen LogP contribution in [0.4, 0.5) is 0 Å². The van der Waals surface area contributed by atoms with Crippen LogP contribution in [0.25, 0.3) is 0 Å². The summed E-state index contributed by atoms with van der Waals surface area (Å²) < 4.78 is 1.64. The number of aryl methyl sites for hydroxylation is 1. The molecule has 0 bridgehead atoms. The summed E-state index contributed by atoms with van der Waals surface area (Å²) in [5.74, 6) is 0. The second kappa shape index (κ2) is 4.97. The summed E-state index contributed by atoms with van der Waals surface area (Å²) in [4.78, 5) is 11.6. The molecule has 1 atom stereocenters. The van der Waals surface area contributed by atoms with Crippen molar-refractivity contribution < 1.29 is 0 Å². The van der Waals surface area contributed by atoms with Crippen LogP contribution in [-0.2, 0) is 6.54 Å². The van der Waals surface area contributed by atoms with Crippen LogP contribution in [0.2, 0.25) is 0 Å².